The van der Waals surface area contributed by atoms with Crippen LogP contribution in [0.15, 0.2) is 24.3 Å². The number of carbonyl (C=O) groups is 2. The molecule has 152 valence electrons. The van der Waals surface area contributed by atoms with Crippen molar-refractivity contribution >= 4 is 12.1 Å². The summed E-state index contributed by atoms with van der Waals surface area (Å²) in [4.78, 5) is 32.0. The summed E-state index contributed by atoms with van der Waals surface area (Å²) < 4.78 is 10.5. The molecule has 0 fully saturated rings. The standard InChI is InChI=1S/C20H30O7/c1-4-6-8-9-10-16(3)24-20(22)26-27-25-19(21)17-11-13-18(14-12-17)23-15-7-5-2/h11-14,16H,4-10,15H2,1-3H3. The Balaban J connectivity index is 2.22. The Hall–Kier alpha value is -2.28. The molecule has 0 aromatic heterocycles. The van der Waals surface area contributed by atoms with Crippen LogP contribution in [0.25, 0.3) is 0 Å². The maximum absolute atomic E-state index is 11.8. The Bertz CT molecular complexity index is 542. The Morgan fingerprint density at radius 1 is 0.926 bits per heavy atom. The van der Waals surface area contributed by atoms with Crippen LogP contribution in [0, 0.1) is 0 Å². The van der Waals surface area contributed by atoms with Crippen molar-refractivity contribution in [3.63, 3.8) is 0 Å². The molecule has 0 saturated heterocycles. The fourth-order valence-corrected chi connectivity index (χ4v) is 2.25. The van der Waals surface area contributed by atoms with Crippen LogP contribution < -0.4 is 4.74 Å². The van der Waals surface area contributed by atoms with Gasteiger partial charge in [-0.05, 0) is 50.5 Å². The quantitative estimate of drug-likeness (QED) is 0.196. The second-order valence-electron chi connectivity index (χ2n) is 6.28. The van der Waals surface area contributed by atoms with E-state index in [0.29, 0.717) is 12.4 Å². The van der Waals surface area contributed by atoms with Crippen LogP contribution >= 0.6 is 0 Å². The van der Waals surface area contributed by atoms with Crippen LogP contribution in [-0.2, 0) is 19.6 Å². The van der Waals surface area contributed by atoms with Gasteiger partial charge in [-0.2, -0.15) is 0 Å². The van der Waals surface area contributed by atoms with Crippen molar-refractivity contribution in [2.24, 2.45) is 0 Å². The summed E-state index contributed by atoms with van der Waals surface area (Å²) in [6.07, 6.45) is 5.75. The number of carbonyl (C=O) groups excluding carboxylic acids is 2. The van der Waals surface area contributed by atoms with Crippen LogP contribution in [0.4, 0.5) is 4.79 Å². The van der Waals surface area contributed by atoms with E-state index in [1.54, 1.807) is 19.1 Å². The maximum Gasteiger partial charge on any atom is 0.543 e. The summed E-state index contributed by atoms with van der Waals surface area (Å²) in [7, 11) is 0. The average molecular weight is 382 g/mol. The monoisotopic (exact) mass is 382 g/mol. The number of unbranched alkanes of at least 4 members (excludes halogenated alkanes) is 4. The van der Waals surface area contributed by atoms with Gasteiger partial charge in [-0.25, -0.2) is 14.5 Å². The van der Waals surface area contributed by atoms with E-state index < -0.39 is 12.1 Å². The third-order valence-corrected chi connectivity index (χ3v) is 3.83. The zero-order chi connectivity index (χ0) is 19.9. The van der Waals surface area contributed by atoms with Gasteiger partial charge in [0.2, 0.25) is 0 Å². The lowest BCUT2D eigenvalue weighted by atomic mass is 10.1. The second kappa shape index (κ2) is 13.9. The molecule has 0 N–H and O–H groups in total. The topological polar surface area (TPSA) is 80.3 Å². The fraction of sp³-hybridized carbons (Fsp3) is 0.600. The highest BCUT2D eigenvalue weighted by Gasteiger charge is 2.15. The van der Waals surface area contributed by atoms with Crippen molar-refractivity contribution in [2.45, 2.75) is 71.8 Å². The number of ether oxygens (including phenoxy) is 2. The SMILES string of the molecule is CCCCCCC(C)OC(=O)OOOC(=O)c1ccc(OCCCC)cc1. The first-order valence-electron chi connectivity index (χ1n) is 9.55. The highest BCUT2D eigenvalue weighted by molar-refractivity contribution is 5.89. The van der Waals surface area contributed by atoms with E-state index in [4.69, 9.17) is 9.47 Å². The van der Waals surface area contributed by atoms with Crippen LogP contribution in [-0.4, -0.2) is 24.8 Å². The van der Waals surface area contributed by atoms with Gasteiger partial charge in [-0.1, -0.05) is 39.5 Å². The largest absolute Gasteiger partial charge is 0.543 e. The van der Waals surface area contributed by atoms with Gasteiger partial charge in [0.1, 0.15) is 11.9 Å². The van der Waals surface area contributed by atoms with Crippen molar-refractivity contribution in [3.8, 4) is 5.75 Å². The van der Waals surface area contributed by atoms with Gasteiger partial charge in [-0.3, -0.25) is 4.89 Å². The summed E-state index contributed by atoms with van der Waals surface area (Å²) in [6.45, 7) is 6.60. The third-order valence-electron chi connectivity index (χ3n) is 3.83. The lowest BCUT2D eigenvalue weighted by Gasteiger charge is -2.11. The van der Waals surface area contributed by atoms with Gasteiger partial charge >= 0.3 is 12.1 Å². The third kappa shape index (κ3) is 10.5. The lowest BCUT2D eigenvalue weighted by molar-refractivity contribution is -0.452. The normalized spacial score (nSPS) is 11.5. The van der Waals surface area contributed by atoms with E-state index in [9.17, 15) is 9.59 Å². The minimum absolute atomic E-state index is 0.235. The number of rotatable bonds is 13. The van der Waals surface area contributed by atoms with E-state index in [1.807, 2.05) is 0 Å². The Kier molecular flexibility index (Phi) is 11.7. The summed E-state index contributed by atoms with van der Waals surface area (Å²) in [5, 5.41) is 4.21. The van der Waals surface area contributed by atoms with Crippen molar-refractivity contribution in [1.29, 1.82) is 0 Å². The van der Waals surface area contributed by atoms with E-state index in [1.165, 1.54) is 12.1 Å². The van der Waals surface area contributed by atoms with Crippen molar-refractivity contribution in [1.82, 2.24) is 0 Å². The van der Waals surface area contributed by atoms with Gasteiger partial charge in [-0.15, -0.1) is 0 Å². The molecule has 0 saturated carbocycles. The number of hydrogen-bond donors (Lipinski definition) is 0. The molecule has 0 heterocycles. The molecule has 1 unspecified atom stereocenters. The Morgan fingerprint density at radius 2 is 1.63 bits per heavy atom. The smallest absolute Gasteiger partial charge is 0.494 e. The minimum atomic E-state index is -1.05. The van der Waals surface area contributed by atoms with Crippen LogP contribution in [0.3, 0.4) is 0 Å². The van der Waals surface area contributed by atoms with E-state index in [-0.39, 0.29) is 11.7 Å². The molecule has 1 aromatic carbocycles. The molecule has 0 aliphatic heterocycles. The molecule has 0 aliphatic rings. The summed E-state index contributed by atoms with van der Waals surface area (Å²) in [5.74, 6) is -0.135. The number of hydrogen-bond acceptors (Lipinski definition) is 7. The van der Waals surface area contributed by atoms with Gasteiger partial charge in [0.05, 0.1) is 17.2 Å². The maximum atomic E-state index is 11.8. The Morgan fingerprint density at radius 3 is 2.30 bits per heavy atom. The molecule has 1 rings (SSSR count). The molecular weight excluding hydrogens is 352 g/mol. The Labute approximate surface area is 160 Å². The van der Waals surface area contributed by atoms with Gasteiger partial charge in [0.15, 0.2) is 0 Å². The first-order valence-corrected chi connectivity index (χ1v) is 9.55. The second-order valence-corrected chi connectivity index (χ2v) is 6.28. The van der Waals surface area contributed by atoms with Gasteiger partial charge < -0.3 is 9.47 Å². The van der Waals surface area contributed by atoms with Crippen LogP contribution in [0.2, 0.25) is 0 Å². The first kappa shape index (κ1) is 22.8. The van der Waals surface area contributed by atoms with E-state index in [2.05, 4.69) is 28.7 Å². The molecule has 0 spiro atoms. The zero-order valence-electron chi connectivity index (χ0n) is 16.4. The molecule has 7 heteroatoms. The highest BCUT2D eigenvalue weighted by Crippen LogP contribution is 2.14. The predicted octanol–water partition coefficient (Wildman–Crippen LogP) is 5.38. The molecule has 0 bridgehead atoms. The average Bonchev–Trinajstić information content (AvgIpc) is 2.66. The summed E-state index contributed by atoms with van der Waals surface area (Å²) in [5.41, 5.74) is 0.235. The molecule has 0 radical (unpaired) electrons. The van der Waals surface area contributed by atoms with E-state index >= 15 is 0 Å². The zero-order valence-corrected chi connectivity index (χ0v) is 16.4. The lowest BCUT2D eigenvalue weighted by Crippen LogP contribution is -2.17. The summed E-state index contributed by atoms with van der Waals surface area (Å²) in [6, 6.07) is 6.37. The van der Waals surface area contributed by atoms with Crippen LogP contribution in [0.1, 0.15) is 76.1 Å². The molecule has 0 aliphatic carbocycles. The van der Waals surface area contributed by atoms with Crippen LogP contribution in [0.5, 0.6) is 5.75 Å². The highest BCUT2D eigenvalue weighted by atomic mass is 17.5. The van der Waals surface area contributed by atoms with Gasteiger partial charge in [0, 0.05) is 0 Å². The first-order chi connectivity index (χ1) is 13.1. The van der Waals surface area contributed by atoms with Crippen molar-refractivity contribution in [3.05, 3.63) is 29.8 Å². The van der Waals surface area contributed by atoms with Crippen molar-refractivity contribution in [2.75, 3.05) is 6.61 Å². The minimum Gasteiger partial charge on any atom is -0.494 e. The molecule has 7 nitrogen and oxygen atoms in total. The predicted molar refractivity (Wildman–Crippen MR) is 99.1 cm³/mol. The van der Waals surface area contributed by atoms with E-state index in [0.717, 1.165) is 44.9 Å². The fourth-order valence-electron chi connectivity index (χ4n) is 2.25. The van der Waals surface area contributed by atoms with Gasteiger partial charge in [0.25, 0.3) is 0 Å². The molecular formula is C20H30O7. The summed E-state index contributed by atoms with van der Waals surface area (Å²) >= 11 is 0. The van der Waals surface area contributed by atoms with Crippen molar-refractivity contribution < 1.29 is 33.9 Å². The number of benzene rings is 1. The molecule has 1 atom stereocenters. The molecule has 27 heavy (non-hydrogen) atoms. The molecule has 0 amide bonds. The molecule has 1 aromatic rings.